The monoisotopic (exact) mass is 363 g/mol. The molecule has 0 aliphatic heterocycles. The van der Waals surface area contributed by atoms with Crippen LogP contribution in [0.15, 0.2) is 12.1 Å². The number of carbonyl (C=O) groups is 2. The number of halogens is 3. The smallest absolute Gasteiger partial charge is 0.321 e. The van der Waals surface area contributed by atoms with Crippen LogP contribution in [0.2, 0.25) is 10.0 Å². The molecule has 0 saturated carbocycles. The van der Waals surface area contributed by atoms with E-state index in [1.807, 2.05) is 6.92 Å². The number of unbranched alkanes of at least 4 members (excludes halogenated alkanes) is 1. The molecule has 0 unspecified atom stereocenters. The maximum absolute atomic E-state index is 13.5. The van der Waals surface area contributed by atoms with Crippen molar-refractivity contribution in [3.05, 3.63) is 33.6 Å². The third-order valence-corrected chi connectivity index (χ3v) is 3.76. The van der Waals surface area contributed by atoms with Crippen molar-refractivity contribution in [1.29, 1.82) is 0 Å². The molecular formula is C15H20Cl2FN3O2. The van der Waals surface area contributed by atoms with E-state index >= 15 is 0 Å². The van der Waals surface area contributed by atoms with Gasteiger partial charge in [0.2, 0.25) is 5.91 Å². The quantitative estimate of drug-likeness (QED) is 0.513. The maximum Gasteiger partial charge on any atom is 0.321 e. The van der Waals surface area contributed by atoms with E-state index in [0.717, 1.165) is 12.8 Å². The van der Waals surface area contributed by atoms with Gasteiger partial charge in [-0.3, -0.25) is 10.1 Å². The first kappa shape index (κ1) is 19.7. The van der Waals surface area contributed by atoms with E-state index in [2.05, 4.69) is 16.0 Å². The summed E-state index contributed by atoms with van der Waals surface area (Å²) in [5.41, 5.74) is 0.480. The Morgan fingerprint density at radius 2 is 1.96 bits per heavy atom. The summed E-state index contributed by atoms with van der Waals surface area (Å²) >= 11 is 11.7. The fourth-order valence-electron chi connectivity index (χ4n) is 1.82. The van der Waals surface area contributed by atoms with Gasteiger partial charge in [0, 0.05) is 17.6 Å². The minimum Gasteiger partial charge on any atom is -0.338 e. The highest BCUT2D eigenvalue weighted by Crippen LogP contribution is 2.28. The molecule has 5 nitrogen and oxygen atoms in total. The fraction of sp³-hybridized carbons (Fsp3) is 0.467. The van der Waals surface area contributed by atoms with Crippen molar-refractivity contribution in [2.24, 2.45) is 0 Å². The number of hydrogen-bond acceptors (Lipinski definition) is 3. The lowest BCUT2D eigenvalue weighted by atomic mass is 10.1. The zero-order valence-electron chi connectivity index (χ0n) is 13.0. The molecule has 128 valence electrons. The molecule has 23 heavy (non-hydrogen) atoms. The minimum atomic E-state index is -0.584. The van der Waals surface area contributed by atoms with Crippen LogP contribution in [0.25, 0.3) is 0 Å². The fourth-order valence-corrected chi connectivity index (χ4v) is 2.37. The summed E-state index contributed by atoms with van der Waals surface area (Å²) in [6.07, 6.45) is 1.79. The van der Waals surface area contributed by atoms with Gasteiger partial charge in [-0.05, 0) is 31.0 Å². The van der Waals surface area contributed by atoms with E-state index in [-0.39, 0.29) is 17.6 Å². The van der Waals surface area contributed by atoms with Crippen LogP contribution in [0.4, 0.5) is 9.18 Å². The number of amides is 3. The number of imide groups is 1. The first-order chi connectivity index (χ1) is 10.8. The maximum atomic E-state index is 13.5. The summed E-state index contributed by atoms with van der Waals surface area (Å²) in [7, 11) is 0. The van der Waals surface area contributed by atoms with Gasteiger partial charge in [-0.25, -0.2) is 9.18 Å². The van der Waals surface area contributed by atoms with Gasteiger partial charge in [-0.1, -0.05) is 36.5 Å². The zero-order valence-corrected chi connectivity index (χ0v) is 14.5. The lowest BCUT2D eigenvalue weighted by molar-refractivity contribution is -0.119. The average molecular weight is 364 g/mol. The molecule has 3 amide bonds. The number of carbonyl (C=O) groups excluding carboxylic acids is 2. The summed E-state index contributed by atoms with van der Waals surface area (Å²) < 4.78 is 13.5. The van der Waals surface area contributed by atoms with Crippen LogP contribution in [0.5, 0.6) is 0 Å². The van der Waals surface area contributed by atoms with Crippen molar-refractivity contribution >= 4 is 35.1 Å². The Bertz CT molecular complexity index is 570. The standard InChI is InChI=1S/C15H20Cl2FN3O2/c1-3-4-5-19-15(23)21-14(22)8-20-9(2)10-6-13(18)12(17)7-11(10)16/h6-7,9,20H,3-5,8H2,1-2H3,(H2,19,21,22,23)/t9-/m0/s1. The van der Waals surface area contributed by atoms with Crippen molar-refractivity contribution in [2.75, 3.05) is 13.1 Å². The van der Waals surface area contributed by atoms with Crippen LogP contribution in [-0.4, -0.2) is 25.0 Å². The van der Waals surface area contributed by atoms with Crippen molar-refractivity contribution < 1.29 is 14.0 Å². The third kappa shape index (κ3) is 6.72. The lowest BCUT2D eigenvalue weighted by Crippen LogP contribution is -2.44. The molecule has 0 heterocycles. The molecular weight excluding hydrogens is 344 g/mol. The zero-order chi connectivity index (χ0) is 17.4. The minimum absolute atomic E-state index is 0.0626. The normalized spacial score (nSPS) is 11.9. The van der Waals surface area contributed by atoms with Gasteiger partial charge in [0.05, 0.1) is 11.6 Å². The van der Waals surface area contributed by atoms with Gasteiger partial charge in [0.15, 0.2) is 0 Å². The number of rotatable bonds is 7. The highest BCUT2D eigenvalue weighted by Gasteiger charge is 2.15. The van der Waals surface area contributed by atoms with E-state index in [1.54, 1.807) is 6.92 Å². The van der Waals surface area contributed by atoms with Crippen LogP contribution in [-0.2, 0) is 4.79 Å². The summed E-state index contributed by atoms with van der Waals surface area (Å²) in [5, 5.41) is 7.88. The van der Waals surface area contributed by atoms with Crippen LogP contribution < -0.4 is 16.0 Å². The Balaban J connectivity index is 2.46. The van der Waals surface area contributed by atoms with Crippen LogP contribution in [0.3, 0.4) is 0 Å². The van der Waals surface area contributed by atoms with Gasteiger partial charge < -0.3 is 10.6 Å². The Labute approximate surface area is 144 Å². The van der Waals surface area contributed by atoms with Crippen LogP contribution in [0, 0.1) is 5.82 Å². The second kappa shape index (κ2) is 9.70. The highest BCUT2D eigenvalue weighted by molar-refractivity contribution is 6.35. The summed E-state index contributed by atoms with van der Waals surface area (Å²) in [6, 6.07) is 1.61. The third-order valence-electron chi connectivity index (χ3n) is 3.14. The van der Waals surface area contributed by atoms with Gasteiger partial charge in [-0.15, -0.1) is 0 Å². The SMILES string of the molecule is CCCCNC(=O)NC(=O)CN[C@@H](C)c1cc(F)c(Cl)cc1Cl. The van der Waals surface area contributed by atoms with Gasteiger partial charge in [0.1, 0.15) is 5.82 Å². The average Bonchev–Trinajstić information content (AvgIpc) is 2.48. The first-order valence-electron chi connectivity index (χ1n) is 7.30. The Kier molecular flexibility index (Phi) is 8.30. The lowest BCUT2D eigenvalue weighted by Gasteiger charge is -2.16. The van der Waals surface area contributed by atoms with Gasteiger partial charge >= 0.3 is 6.03 Å². The number of benzene rings is 1. The van der Waals surface area contributed by atoms with E-state index in [9.17, 15) is 14.0 Å². The topological polar surface area (TPSA) is 70.2 Å². The molecule has 3 N–H and O–H groups in total. The predicted molar refractivity (Wildman–Crippen MR) is 89.3 cm³/mol. The largest absolute Gasteiger partial charge is 0.338 e. The molecule has 0 aliphatic rings. The molecule has 0 bridgehead atoms. The number of urea groups is 1. The molecule has 1 atom stereocenters. The second-order valence-corrected chi connectivity index (χ2v) is 5.86. The first-order valence-corrected chi connectivity index (χ1v) is 8.06. The molecule has 1 aromatic rings. The Morgan fingerprint density at radius 3 is 2.61 bits per heavy atom. The van der Waals surface area contributed by atoms with E-state index < -0.39 is 17.8 Å². The van der Waals surface area contributed by atoms with Gasteiger partial charge in [-0.2, -0.15) is 0 Å². The Hall–Kier alpha value is -1.37. The molecule has 0 fully saturated rings. The number of nitrogens with one attached hydrogen (secondary N) is 3. The molecule has 8 heteroatoms. The molecule has 1 rings (SSSR count). The van der Waals surface area contributed by atoms with E-state index in [4.69, 9.17) is 23.2 Å². The van der Waals surface area contributed by atoms with E-state index in [1.165, 1.54) is 12.1 Å². The number of hydrogen-bond donors (Lipinski definition) is 3. The van der Waals surface area contributed by atoms with Crippen molar-refractivity contribution in [1.82, 2.24) is 16.0 Å². The van der Waals surface area contributed by atoms with Crippen molar-refractivity contribution in [3.63, 3.8) is 0 Å². The van der Waals surface area contributed by atoms with Crippen LogP contribution in [0.1, 0.15) is 38.3 Å². The predicted octanol–water partition coefficient (Wildman–Crippen LogP) is 3.41. The molecule has 0 radical (unpaired) electrons. The summed E-state index contributed by atoms with van der Waals surface area (Å²) in [6.45, 7) is 4.13. The van der Waals surface area contributed by atoms with Gasteiger partial charge in [0.25, 0.3) is 0 Å². The molecule has 0 saturated heterocycles. The molecule has 1 aromatic carbocycles. The molecule has 0 aliphatic carbocycles. The van der Waals surface area contributed by atoms with E-state index in [0.29, 0.717) is 17.1 Å². The van der Waals surface area contributed by atoms with Crippen LogP contribution >= 0.6 is 23.2 Å². The molecule has 0 aromatic heterocycles. The summed E-state index contributed by atoms with van der Waals surface area (Å²) in [5.74, 6) is -1.07. The second-order valence-electron chi connectivity index (χ2n) is 5.05. The van der Waals surface area contributed by atoms with Crippen molar-refractivity contribution in [3.8, 4) is 0 Å². The summed E-state index contributed by atoms with van der Waals surface area (Å²) in [4.78, 5) is 23.1. The highest BCUT2D eigenvalue weighted by atomic mass is 35.5. The van der Waals surface area contributed by atoms with Crippen molar-refractivity contribution in [2.45, 2.75) is 32.7 Å². The molecule has 0 spiro atoms. The Morgan fingerprint density at radius 1 is 1.26 bits per heavy atom.